The maximum atomic E-state index is 10.8. The van der Waals surface area contributed by atoms with E-state index in [1.165, 1.54) is 10.2 Å². The average molecular weight is 261 g/mol. The van der Waals surface area contributed by atoms with Gasteiger partial charge in [0.25, 0.3) is 0 Å². The molecule has 0 aliphatic carbocycles. The Balaban J connectivity index is 1.92. The average Bonchev–Trinajstić information content (AvgIpc) is 2.74. The van der Waals surface area contributed by atoms with Crippen LogP contribution in [0.15, 0.2) is 24.3 Å². The van der Waals surface area contributed by atoms with E-state index in [1.807, 2.05) is 31.2 Å². The molecule has 0 saturated heterocycles. The number of carboxylic acids is 1. The molecule has 1 aromatic carbocycles. The Kier molecular flexibility index (Phi) is 3.79. The van der Waals surface area contributed by atoms with Gasteiger partial charge in [-0.1, -0.05) is 22.9 Å². The number of nitrogens with zero attached hydrogens (tertiary/aromatic N) is 3. The zero-order valence-electron chi connectivity index (χ0n) is 10.8. The van der Waals surface area contributed by atoms with Crippen LogP contribution in [0.25, 0.3) is 0 Å². The number of carboxylic acid groups (broad SMARTS) is 1. The van der Waals surface area contributed by atoms with Crippen LogP contribution in [-0.2, 0) is 6.54 Å². The van der Waals surface area contributed by atoms with Gasteiger partial charge in [0.15, 0.2) is 5.69 Å². The molecule has 0 aliphatic heterocycles. The molecule has 0 saturated carbocycles. The number of hydrogen-bond donors (Lipinski definition) is 1. The minimum Gasteiger partial charge on any atom is -0.492 e. The van der Waals surface area contributed by atoms with Gasteiger partial charge in [0.1, 0.15) is 12.4 Å². The van der Waals surface area contributed by atoms with Gasteiger partial charge in [-0.25, -0.2) is 9.48 Å². The van der Waals surface area contributed by atoms with Crippen LogP contribution >= 0.6 is 0 Å². The Morgan fingerprint density at radius 3 is 2.58 bits per heavy atom. The van der Waals surface area contributed by atoms with E-state index in [0.29, 0.717) is 18.8 Å². The first kappa shape index (κ1) is 13.1. The Bertz CT molecular complexity index is 575. The van der Waals surface area contributed by atoms with E-state index < -0.39 is 5.97 Å². The summed E-state index contributed by atoms with van der Waals surface area (Å²) in [6.07, 6.45) is 0. The number of aromatic carboxylic acids is 1. The van der Waals surface area contributed by atoms with Crippen molar-refractivity contribution in [3.63, 3.8) is 0 Å². The molecule has 0 aliphatic rings. The van der Waals surface area contributed by atoms with Gasteiger partial charge in [0.2, 0.25) is 0 Å². The highest BCUT2D eigenvalue weighted by molar-refractivity contribution is 5.86. The van der Waals surface area contributed by atoms with Crippen LogP contribution in [-0.4, -0.2) is 32.7 Å². The highest BCUT2D eigenvalue weighted by Gasteiger charge is 2.14. The summed E-state index contributed by atoms with van der Waals surface area (Å²) in [4.78, 5) is 10.8. The lowest BCUT2D eigenvalue weighted by Gasteiger charge is -2.07. The van der Waals surface area contributed by atoms with Crippen LogP contribution in [0.4, 0.5) is 0 Å². The summed E-state index contributed by atoms with van der Waals surface area (Å²) >= 11 is 0. The van der Waals surface area contributed by atoms with Crippen molar-refractivity contribution in [3.05, 3.63) is 41.2 Å². The number of aryl methyl sites for hydroxylation is 1. The minimum atomic E-state index is -1.07. The Morgan fingerprint density at radius 1 is 1.32 bits per heavy atom. The minimum absolute atomic E-state index is 0.0182. The Morgan fingerprint density at radius 2 is 2.00 bits per heavy atom. The highest BCUT2D eigenvalue weighted by Crippen LogP contribution is 2.11. The molecule has 0 spiro atoms. The summed E-state index contributed by atoms with van der Waals surface area (Å²) in [6, 6.07) is 7.73. The zero-order chi connectivity index (χ0) is 13.8. The number of aromatic nitrogens is 3. The summed E-state index contributed by atoms with van der Waals surface area (Å²) in [6.45, 7) is 4.55. The summed E-state index contributed by atoms with van der Waals surface area (Å²) in [7, 11) is 0. The van der Waals surface area contributed by atoms with E-state index in [0.717, 1.165) is 5.75 Å². The molecule has 1 aromatic heterocycles. The van der Waals surface area contributed by atoms with E-state index >= 15 is 0 Å². The fourth-order valence-electron chi connectivity index (χ4n) is 1.65. The fraction of sp³-hybridized carbons (Fsp3) is 0.308. The van der Waals surface area contributed by atoms with E-state index in [2.05, 4.69) is 10.3 Å². The topological polar surface area (TPSA) is 77.2 Å². The standard InChI is InChI=1S/C13H15N3O3/c1-9-3-5-11(6-4-9)19-8-7-16-10(2)12(13(17)18)14-15-16/h3-6H,7-8H2,1-2H3,(H,17,18). The van der Waals surface area contributed by atoms with Crippen LogP contribution in [0.1, 0.15) is 21.7 Å². The predicted octanol–water partition coefficient (Wildman–Crippen LogP) is 1.67. The third kappa shape index (κ3) is 3.09. The van der Waals surface area contributed by atoms with E-state index in [4.69, 9.17) is 9.84 Å². The van der Waals surface area contributed by atoms with E-state index in [9.17, 15) is 4.79 Å². The monoisotopic (exact) mass is 261 g/mol. The van der Waals surface area contributed by atoms with Crippen LogP contribution in [0.2, 0.25) is 0 Å². The lowest BCUT2D eigenvalue weighted by atomic mass is 10.2. The molecule has 0 unspecified atom stereocenters. The second-order valence-electron chi connectivity index (χ2n) is 4.21. The lowest BCUT2D eigenvalue weighted by Crippen LogP contribution is -2.11. The first-order valence-corrected chi connectivity index (χ1v) is 5.91. The van der Waals surface area contributed by atoms with Crippen LogP contribution in [0, 0.1) is 13.8 Å². The molecule has 1 N–H and O–H groups in total. The molecule has 0 atom stereocenters. The van der Waals surface area contributed by atoms with Gasteiger partial charge >= 0.3 is 5.97 Å². The first-order chi connectivity index (χ1) is 9.08. The summed E-state index contributed by atoms with van der Waals surface area (Å²) in [5.74, 6) is -0.287. The van der Waals surface area contributed by atoms with Gasteiger partial charge in [-0.15, -0.1) is 5.10 Å². The van der Waals surface area contributed by atoms with Crippen LogP contribution in [0.5, 0.6) is 5.75 Å². The molecule has 0 fully saturated rings. The molecule has 0 amide bonds. The Labute approximate surface area is 110 Å². The van der Waals surface area contributed by atoms with Gasteiger partial charge < -0.3 is 9.84 Å². The molecule has 2 aromatic rings. The van der Waals surface area contributed by atoms with Gasteiger partial charge in [-0.3, -0.25) is 0 Å². The molecule has 2 rings (SSSR count). The number of rotatable bonds is 5. The first-order valence-electron chi connectivity index (χ1n) is 5.91. The van der Waals surface area contributed by atoms with Crippen molar-refractivity contribution in [2.24, 2.45) is 0 Å². The zero-order valence-corrected chi connectivity index (χ0v) is 10.8. The molecular formula is C13H15N3O3. The maximum absolute atomic E-state index is 10.8. The quantitative estimate of drug-likeness (QED) is 0.885. The van der Waals surface area contributed by atoms with Crippen molar-refractivity contribution in [2.75, 3.05) is 6.61 Å². The summed E-state index contributed by atoms with van der Waals surface area (Å²) in [5, 5.41) is 16.3. The third-order valence-electron chi connectivity index (χ3n) is 2.78. The number of carbonyl (C=O) groups is 1. The molecule has 6 nitrogen and oxygen atoms in total. The van der Waals surface area contributed by atoms with Crippen molar-refractivity contribution < 1.29 is 14.6 Å². The van der Waals surface area contributed by atoms with Crippen molar-refractivity contribution in [1.29, 1.82) is 0 Å². The van der Waals surface area contributed by atoms with Crippen LogP contribution < -0.4 is 4.74 Å². The predicted molar refractivity (Wildman–Crippen MR) is 68.4 cm³/mol. The van der Waals surface area contributed by atoms with Crippen molar-refractivity contribution in [3.8, 4) is 5.75 Å². The molecule has 6 heteroatoms. The van der Waals surface area contributed by atoms with Crippen LogP contribution in [0.3, 0.4) is 0 Å². The van der Waals surface area contributed by atoms with Crippen molar-refractivity contribution in [2.45, 2.75) is 20.4 Å². The summed E-state index contributed by atoms with van der Waals surface area (Å²) < 4.78 is 7.08. The molecule has 0 bridgehead atoms. The van der Waals surface area contributed by atoms with Gasteiger partial charge in [0.05, 0.1) is 12.2 Å². The van der Waals surface area contributed by atoms with Crippen molar-refractivity contribution in [1.82, 2.24) is 15.0 Å². The molecular weight excluding hydrogens is 246 g/mol. The number of ether oxygens (including phenoxy) is 1. The van der Waals surface area contributed by atoms with Gasteiger partial charge in [-0.2, -0.15) is 0 Å². The normalized spacial score (nSPS) is 10.4. The number of hydrogen-bond acceptors (Lipinski definition) is 4. The third-order valence-corrected chi connectivity index (χ3v) is 2.78. The molecule has 19 heavy (non-hydrogen) atoms. The van der Waals surface area contributed by atoms with Gasteiger partial charge in [0, 0.05) is 0 Å². The van der Waals surface area contributed by atoms with E-state index in [-0.39, 0.29) is 5.69 Å². The second-order valence-corrected chi connectivity index (χ2v) is 4.21. The maximum Gasteiger partial charge on any atom is 0.358 e. The van der Waals surface area contributed by atoms with E-state index in [1.54, 1.807) is 6.92 Å². The summed E-state index contributed by atoms with van der Waals surface area (Å²) in [5.41, 5.74) is 1.68. The molecule has 100 valence electrons. The van der Waals surface area contributed by atoms with Gasteiger partial charge in [-0.05, 0) is 26.0 Å². The molecule has 1 heterocycles. The highest BCUT2D eigenvalue weighted by atomic mass is 16.5. The second kappa shape index (κ2) is 5.51. The fourth-order valence-corrected chi connectivity index (χ4v) is 1.65. The smallest absolute Gasteiger partial charge is 0.358 e. The molecule has 0 radical (unpaired) electrons. The van der Waals surface area contributed by atoms with Crippen molar-refractivity contribution >= 4 is 5.97 Å². The Hall–Kier alpha value is -2.37. The SMILES string of the molecule is Cc1ccc(OCCn2nnc(C(=O)O)c2C)cc1. The number of benzene rings is 1. The lowest BCUT2D eigenvalue weighted by molar-refractivity contribution is 0.0689. The largest absolute Gasteiger partial charge is 0.492 e.